The Morgan fingerprint density at radius 2 is 2.09 bits per heavy atom. The Kier molecular flexibility index (Phi) is 4.79. The number of amides is 2. The molecule has 0 spiro atoms. The quantitative estimate of drug-likeness (QED) is 0.533. The average Bonchev–Trinajstić information content (AvgIpc) is 2.99. The van der Waals surface area contributed by atoms with Gasteiger partial charge in [-0.3, -0.25) is 19.6 Å². The molecule has 0 radical (unpaired) electrons. The maximum atomic E-state index is 11.9. The summed E-state index contributed by atoms with van der Waals surface area (Å²) in [4.78, 5) is 30.1. The fourth-order valence-corrected chi connectivity index (χ4v) is 2.46. The topological polar surface area (TPSA) is 115 Å². The molecule has 0 saturated carbocycles. The number of pyridine rings is 1. The van der Waals surface area contributed by atoms with E-state index in [2.05, 4.69) is 36.0 Å². The molecule has 2 aromatic heterocycles. The predicted octanol–water partition coefficient (Wildman–Crippen LogP) is -1.08. The molecule has 0 aromatic carbocycles. The first-order valence-corrected chi connectivity index (χ1v) is 7.55. The lowest BCUT2D eigenvalue weighted by atomic mass is 10.3. The second-order valence-corrected chi connectivity index (χ2v) is 5.27. The lowest BCUT2D eigenvalue weighted by Crippen LogP contribution is -2.47. The van der Waals surface area contributed by atoms with Gasteiger partial charge >= 0.3 is 11.8 Å². The van der Waals surface area contributed by atoms with Crippen LogP contribution in [0, 0.1) is 0 Å². The van der Waals surface area contributed by atoms with Crippen molar-refractivity contribution in [3.63, 3.8) is 0 Å². The van der Waals surface area contributed by atoms with Crippen molar-refractivity contribution in [1.29, 1.82) is 0 Å². The number of anilines is 1. The zero-order valence-corrected chi connectivity index (χ0v) is 12.6. The number of nitrogens with zero attached hydrogens (tertiary/aromatic N) is 3. The number of hydrogen-bond donors (Lipinski definition) is 4. The van der Waals surface area contributed by atoms with Gasteiger partial charge in [0.2, 0.25) is 0 Å². The Morgan fingerprint density at radius 1 is 1.26 bits per heavy atom. The van der Waals surface area contributed by atoms with Crippen molar-refractivity contribution in [2.45, 2.75) is 0 Å². The van der Waals surface area contributed by atoms with E-state index in [1.54, 1.807) is 18.3 Å². The first kappa shape index (κ1) is 15.4. The summed E-state index contributed by atoms with van der Waals surface area (Å²) >= 11 is 0. The summed E-state index contributed by atoms with van der Waals surface area (Å²) in [7, 11) is 0. The molecule has 122 valence electrons. The summed E-state index contributed by atoms with van der Waals surface area (Å²) in [6.07, 6.45) is 1.61. The van der Waals surface area contributed by atoms with Crippen LogP contribution < -0.4 is 16.0 Å². The number of rotatable bonds is 4. The highest BCUT2D eigenvalue weighted by Crippen LogP contribution is 2.17. The molecule has 23 heavy (non-hydrogen) atoms. The van der Waals surface area contributed by atoms with Gasteiger partial charge in [0.05, 0.1) is 5.39 Å². The molecule has 1 aliphatic rings. The maximum Gasteiger partial charge on any atom is 0.314 e. The van der Waals surface area contributed by atoms with Gasteiger partial charge in [-0.05, 0) is 12.1 Å². The van der Waals surface area contributed by atoms with Crippen molar-refractivity contribution >= 4 is 28.7 Å². The van der Waals surface area contributed by atoms with Gasteiger partial charge in [0.1, 0.15) is 5.82 Å². The highest BCUT2D eigenvalue weighted by atomic mass is 16.2. The third-order valence-electron chi connectivity index (χ3n) is 3.70. The summed E-state index contributed by atoms with van der Waals surface area (Å²) < 4.78 is 0. The molecular formula is C14H19N7O2. The van der Waals surface area contributed by atoms with Crippen LogP contribution in [0.3, 0.4) is 0 Å². The highest BCUT2D eigenvalue weighted by molar-refractivity contribution is 6.40. The van der Waals surface area contributed by atoms with Crippen molar-refractivity contribution in [2.75, 3.05) is 44.6 Å². The number of carbonyl (C=O) groups excluding carboxylic acids is 2. The minimum Gasteiger partial charge on any atom is -0.347 e. The van der Waals surface area contributed by atoms with Crippen LogP contribution in [0.25, 0.3) is 11.0 Å². The number of hydrogen-bond acceptors (Lipinski definition) is 6. The SMILES string of the molecule is O=C(NCCN1CCNCC1)C(=O)Nc1[nH]nc2ncccc12. The summed E-state index contributed by atoms with van der Waals surface area (Å²) in [6.45, 7) is 4.99. The standard InChI is InChI=1S/C14H19N7O2/c22-13(17-6-9-21-7-4-15-5-8-21)14(23)18-12-10-2-1-3-16-11(10)19-20-12/h1-3,15H,4-9H2,(H,17,22)(H2,16,18,19,20,23). The molecule has 1 fully saturated rings. The number of carbonyl (C=O) groups is 2. The summed E-state index contributed by atoms with van der Waals surface area (Å²) in [5, 5.41) is 15.7. The molecule has 2 amide bonds. The molecule has 1 aliphatic heterocycles. The second kappa shape index (κ2) is 7.16. The number of aromatic nitrogens is 3. The van der Waals surface area contributed by atoms with E-state index in [9.17, 15) is 9.59 Å². The monoisotopic (exact) mass is 317 g/mol. The maximum absolute atomic E-state index is 11.9. The van der Waals surface area contributed by atoms with Crippen LogP contribution in [0.15, 0.2) is 18.3 Å². The number of nitrogens with one attached hydrogen (secondary N) is 4. The van der Waals surface area contributed by atoms with Crippen LogP contribution in [0.4, 0.5) is 5.82 Å². The summed E-state index contributed by atoms with van der Waals surface area (Å²) in [5.41, 5.74) is 0.488. The Hall–Kier alpha value is -2.52. The summed E-state index contributed by atoms with van der Waals surface area (Å²) in [6, 6.07) is 3.50. The normalized spacial score (nSPS) is 15.5. The van der Waals surface area contributed by atoms with Crippen LogP contribution >= 0.6 is 0 Å². The molecule has 4 N–H and O–H groups in total. The van der Waals surface area contributed by atoms with Crippen molar-refractivity contribution in [3.05, 3.63) is 18.3 Å². The van der Waals surface area contributed by atoms with E-state index in [0.29, 0.717) is 23.4 Å². The summed E-state index contributed by atoms with van der Waals surface area (Å²) in [5.74, 6) is -1.01. The van der Waals surface area contributed by atoms with Gasteiger partial charge in [-0.1, -0.05) is 0 Å². The van der Waals surface area contributed by atoms with E-state index in [0.717, 1.165) is 32.7 Å². The molecule has 0 aliphatic carbocycles. The van der Waals surface area contributed by atoms with E-state index in [1.807, 2.05) is 0 Å². The van der Waals surface area contributed by atoms with Crippen molar-refractivity contribution in [3.8, 4) is 0 Å². The fourth-order valence-electron chi connectivity index (χ4n) is 2.46. The molecule has 9 nitrogen and oxygen atoms in total. The zero-order valence-electron chi connectivity index (χ0n) is 12.6. The molecule has 0 unspecified atom stereocenters. The number of H-pyrrole nitrogens is 1. The van der Waals surface area contributed by atoms with Gasteiger partial charge in [-0.15, -0.1) is 0 Å². The Labute approximate surface area is 132 Å². The highest BCUT2D eigenvalue weighted by Gasteiger charge is 2.17. The van der Waals surface area contributed by atoms with Gasteiger partial charge in [0, 0.05) is 45.5 Å². The van der Waals surface area contributed by atoms with Gasteiger partial charge in [-0.25, -0.2) is 4.98 Å². The second-order valence-electron chi connectivity index (χ2n) is 5.27. The van der Waals surface area contributed by atoms with Crippen molar-refractivity contribution in [2.24, 2.45) is 0 Å². The van der Waals surface area contributed by atoms with Gasteiger partial charge in [0.15, 0.2) is 5.65 Å². The van der Waals surface area contributed by atoms with Crippen molar-refractivity contribution < 1.29 is 9.59 Å². The molecule has 3 rings (SSSR count). The minimum absolute atomic E-state index is 0.371. The van der Waals surface area contributed by atoms with Gasteiger partial charge in [-0.2, -0.15) is 5.10 Å². The average molecular weight is 317 g/mol. The number of aromatic amines is 1. The molecular weight excluding hydrogens is 298 g/mol. The molecule has 2 aromatic rings. The van der Waals surface area contributed by atoms with Crippen LogP contribution in [-0.2, 0) is 9.59 Å². The molecule has 1 saturated heterocycles. The minimum atomic E-state index is -0.722. The number of piperazine rings is 1. The van der Waals surface area contributed by atoms with E-state index < -0.39 is 11.8 Å². The smallest absolute Gasteiger partial charge is 0.314 e. The predicted molar refractivity (Wildman–Crippen MR) is 84.8 cm³/mol. The Balaban J connectivity index is 1.48. The van der Waals surface area contributed by atoms with Crippen LogP contribution in [0.2, 0.25) is 0 Å². The van der Waals surface area contributed by atoms with Crippen molar-refractivity contribution in [1.82, 2.24) is 30.7 Å². The Morgan fingerprint density at radius 3 is 2.91 bits per heavy atom. The van der Waals surface area contributed by atoms with E-state index in [-0.39, 0.29) is 0 Å². The zero-order chi connectivity index (χ0) is 16.1. The van der Waals surface area contributed by atoms with Gasteiger partial charge < -0.3 is 16.0 Å². The molecule has 9 heteroatoms. The fraction of sp³-hybridized carbons (Fsp3) is 0.429. The van der Waals surface area contributed by atoms with E-state index >= 15 is 0 Å². The van der Waals surface area contributed by atoms with E-state index in [4.69, 9.17) is 0 Å². The first-order chi connectivity index (χ1) is 11.2. The van der Waals surface area contributed by atoms with Gasteiger partial charge in [0.25, 0.3) is 0 Å². The first-order valence-electron chi connectivity index (χ1n) is 7.55. The lowest BCUT2D eigenvalue weighted by molar-refractivity contribution is -0.136. The van der Waals surface area contributed by atoms with Crippen LogP contribution in [-0.4, -0.2) is 71.2 Å². The van der Waals surface area contributed by atoms with Crippen LogP contribution in [0.5, 0.6) is 0 Å². The van der Waals surface area contributed by atoms with E-state index in [1.165, 1.54) is 0 Å². The number of fused-ring (bicyclic) bond motifs is 1. The largest absolute Gasteiger partial charge is 0.347 e. The molecule has 0 bridgehead atoms. The molecule has 0 atom stereocenters. The molecule has 3 heterocycles. The lowest BCUT2D eigenvalue weighted by Gasteiger charge is -2.26. The third kappa shape index (κ3) is 3.82. The Bertz CT molecular complexity index is 693. The third-order valence-corrected chi connectivity index (χ3v) is 3.70. The van der Waals surface area contributed by atoms with Crippen LogP contribution in [0.1, 0.15) is 0 Å².